The Balaban J connectivity index is 3.00. The number of aromatic nitrogens is 2. The van der Waals surface area contributed by atoms with Crippen LogP contribution >= 0.6 is 0 Å². The van der Waals surface area contributed by atoms with Crippen molar-refractivity contribution in [2.75, 3.05) is 20.1 Å². The number of aromatic carboxylic acids is 1. The van der Waals surface area contributed by atoms with E-state index in [1.807, 2.05) is 0 Å². The minimum atomic E-state index is -4.11. The lowest BCUT2D eigenvalue weighted by Crippen LogP contribution is -2.38. The van der Waals surface area contributed by atoms with E-state index in [-0.39, 0.29) is 0 Å². The average Bonchev–Trinajstić information content (AvgIpc) is 2.78. The van der Waals surface area contributed by atoms with Crippen molar-refractivity contribution in [2.45, 2.75) is 11.9 Å². The highest BCUT2D eigenvalue weighted by molar-refractivity contribution is 7.89. The second-order valence-corrected chi connectivity index (χ2v) is 5.61. The first-order valence-corrected chi connectivity index (χ1v) is 6.74. The molecular weight excluding hydrogens is 276 g/mol. The predicted molar refractivity (Wildman–Crippen MR) is 64.0 cm³/mol. The summed E-state index contributed by atoms with van der Waals surface area (Å²) in [6, 6.07) is 0. The number of likely N-dealkylation sites (N-methyl/N-ethyl adjacent to an activating group) is 2. The maximum atomic E-state index is 12.1. The van der Waals surface area contributed by atoms with Crippen molar-refractivity contribution in [3.8, 4) is 0 Å². The van der Waals surface area contributed by atoms with Gasteiger partial charge in [0.05, 0.1) is 12.7 Å². The Morgan fingerprint density at radius 2 is 2.16 bits per heavy atom. The number of hydrogen-bond acceptors (Lipinski definition) is 5. The molecule has 3 N–H and O–H groups in total. The van der Waals surface area contributed by atoms with Crippen LogP contribution in [0.25, 0.3) is 0 Å². The molecule has 1 rings (SSSR count). The Kier molecular flexibility index (Phi) is 4.62. The highest BCUT2D eigenvalue weighted by Crippen LogP contribution is 2.15. The van der Waals surface area contributed by atoms with Crippen molar-refractivity contribution in [3.05, 3.63) is 11.8 Å². The molecule has 0 bridgehead atoms. The minimum Gasteiger partial charge on any atom is -0.478 e. The largest absolute Gasteiger partial charge is 0.478 e. The molecule has 1 amide bonds. The minimum absolute atomic E-state index is 0.372. The van der Waals surface area contributed by atoms with E-state index < -0.39 is 39.0 Å². The number of nitrogens with one attached hydrogen (secondary N) is 2. The van der Waals surface area contributed by atoms with Crippen molar-refractivity contribution in [1.29, 1.82) is 0 Å². The smallest absolute Gasteiger partial charge is 0.340 e. The summed E-state index contributed by atoms with van der Waals surface area (Å²) in [5.41, 5.74) is -0.470. The van der Waals surface area contributed by atoms with Gasteiger partial charge in [0.2, 0.25) is 5.91 Å². The van der Waals surface area contributed by atoms with Crippen molar-refractivity contribution in [2.24, 2.45) is 0 Å². The number of sulfonamides is 1. The molecule has 1 heterocycles. The third-order valence-electron chi connectivity index (χ3n) is 2.24. The van der Waals surface area contributed by atoms with Gasteiger partial charge in [-0.3, -0.25) is 9.89 Å². The zero-order chi connectivity index (χ0) is 14.6. The van der Waals surface area contributed by atoms with Crippen LogP contribution in [-0.2, 0) is 14.8 Å². The highest BCUT2D eigenvalue weighted by atomic mass is 32.2. The molecule has 0 aliphatic rings. The molecule has 0 unspecified atom stereocenters. The number of rotatable bonds is 6. The van der Waals surface area contributed by atoms with Gasteiger partial charge in [0, 0.05) is 13.6 Å². The van der Waals surface area contributed by atoms with Crippen molar-refractivity contribution in [3.63, 3.8) is 0 Å². The number of amides is 1. The Hall–Kier alpha value is -1.94. The van der Waals surface area contributed by atoms with E-state index in [0.717, 1.165) is 10.5 Å². The van der Waals surface area contributed by atoms with Crippen LogP contribution in [0.4, 0.5) is 0 Å². The van der Waals surface area contributed by atoms with E-state index >= 15 is 0 Å². The zero-order valence-electron chi connectivity index (χ0n) is 10.4. The Labute approximate surface area is 109 Å². The number of carboxylic acids is 1. The maximum Gasteiger partial charge on any atom is 0.340 e. The van der Waals surface area contributed by atoms with Gasteiger partial charge in [0.15, 0.2) is 5.03 Å². The molecule has 1 aromatic heterocycles. The molecule has 0 aliphatic carbocycles. The van der Waals surface area contributed by atoms with Crippen LogP contribution in [0.1, 0.15) is 17.3 Å². The molecule has 0 spiro atoms. The zero-order valence-corrected chi connectivity index (χ0v) is 11.2. The summed E-state index contributed by atoms with van der Waals surface area (Å²) in [7, 11) is -2.93. The van der Waals surface area contributed by atoms with Crippen LogP contribution in [0.3, 0.4) is 0 Å². The van der Waals surface area contributed by atoms with Crippen molar-refractivity contribution in [1.82, 2.24) is 19.8 Å². The van der Waals surface area contributed by atoms with Gasteiger partial charge in [-0.15, -0.1) is 0 Å². The number of H-pyrrole nitrogens is 1. The number of carbonyl (C=O) groups is 2. The summed E-state index contributed by atoms with van der Waals surface area (Å²) in [5.74, 6) is -1.90. The Morgan fingerprint density at radius 3 is 2.68 bits per heavy atom. The predicted octanol–water partition coefficient (Wildman–Crippen LogP) is -1.14. The number of carboxylic acid groups (broad SMARTS) is 1. The molecule has 0 radical (unpaired) electrons. The lowest BCUT2D eigenvalue weighted by atomic mass is 10.4. The van der Waals surface area contributed by atoms with Gasteiger partial charge in [-0.2, -0.15) is 9.40 Å². The molecule has 0 aliphatic heterocycles. The molecule has 1 aromatic rings. The monoisotopic (exact) mass is 290 g/mol. The lowest BCUT2D eigenvalue weighted by molar-refractivity contribution is -0.121. The second-order valence-electron chi connectivity index (χ2n) is 3.63. The van der Waals surface area contributed by atoms with Crippen molar-refractivity contribution < 1.29 is 23.1 Å². The lowest BCUT2D eigenvalue weighted by Gasteiger charge is -2.15. The molecule has 10 heteroatoms. The van der Waals surface area contributed by atoms with Gasteiger partial charge < -0.3 is 10.4 Å². The molecule has 106 valence electrons. The molecule has 0 atom stereocenters. The maximum absolute atomic E-state index is 12.1. The van der Waals surface area contributed by atoms with Crippen LogP contribution in [0.15, 0.2) is 11.2 Å². The van der Waals surface area contributed by atoms with Gasteiger partial charge in [-0.05, 0) is 6.92 Å². The van der Waals surface area contributed by atoms with E-state index in [0.29, 0.717) is 6.54 Å². The number of aromatic amines is 1. The van der Waals surface area contributed by atoms with E-state index in [2.05, 4.69) is 15.5 Å². The summed E-state index contributed by atoms with van der Waals surface area (Å²) < 4.78 is 24.9. The number of carbonyl (C=O) groups excluding carboxylic acids is 1. The summed E-state index contributed by atoms with van der Waals surface area (Å²) in [6.07, 6.45) is 0.898. The molecule has 0 fully saturated rings. The highest BCUT2D eigenvalue weighted by Gasteiger charge is 2.29. The van der Waals surface area contributed by atoms with E-state index in [4.69, 9.17) is 5.11 Å². The topological polar surface area (TPSA) is 132 Å². The Morgan fingerprint density at radius 1 is 1.53 bits per heavy atom. The first kappa shape index (κ1) is 15.1. The van der Waals surface area contributed by atoms with Crippen LogP contribution < -0.4 is 5.32 Å². The molecule has 19 heavy (non-hydrogen) atoms. The number of nitrogens with zero attached hydrogens (tertiary/aromatic N) is 2. The van der Waals surface area contributed by atoms with Gasteiger partial charge >= 0.3 is 5.97 Å². The van der Waals surface area contributed by atoms with Crippen molar-refractivity contribution >= 4 is 21.9 Å². The fourth-order valence-corrected chi connectivity index (χ4v) is 2.50. The average molecular weight is 290 g/mol. The molecule has 0 aromatic carbocycles. The molecular formula is C9H14N4O5S. The second kappa shape index (κ2) is 5.80. The third-order valence-corrected chi connectivity index (χ3v) is 4.02. The molecule has 9 nitrogen and oxygen atoms in total. The molecule has 0 saturated carbocycles. The normalized spacial score (nSPS) is 11.5. The summed E-state index contributed by atoms with van der Waals surface area (Å²) >= 11 is 0. The first-order valence-electron chi connectivity index (χ1n) is 5.30. The Bertz CT molecular complexity index is 579. The number of hydrogen-bond donors (Lipinski definition) is 3. The first-order chi connectivity index (χ1) is 8.80. The van der Waals surface area contributed by atoms with Gasteiger partial charge in [-0.25, -0.2) is 13.2 Å². The fourth-order valence-electron chi connectivity index (χ4n) is 1.32. The summed E-state index contributed by atoms with van der Waals surface area (Å²) in [6.45, 7) is 1.66. The van der Waals surface area contributed by atoms with Gasteiger partial charge in [-0.1, -0.05) is 0 Å². The summed E-state index contributed by atoms with van der Waals surface area (Å²) in [5, 5.41) is 16.3. The van der Waals surface area contributed by atoms with Crippen LogP contribution in [0.5, 0.6) is 0 Å². The summed E-state index contributed by atoms with van der Waals surface area (Å²) in [4.78, 5) is 22.2. The van der Waals surface area contributed by atoms with Crippen LogP contribution in [0.2, 0.25) is 0 Å². The van der Waals surface area contributed by atoms with E-state index in [9.17, 15) is 18.0 Å². The van der Waals surface area contributed by atoms with Gasteiger partial charge in [0.25, 0.3) is 10.0 Å². The van der Waals surface area contributed by atoms with Gasteiger partial charge in [0.1, 0.15) is 5.56 Å². The van der Waals surface area contributed by atoms with E-state index in [1.165, 1.54) is 7.05 Å². The standard InChI is InChI=1S/C9H14N4O5S/c1-3-10-7(14)5-13(2)19(17,18)8-6(9(15)16)4-11-12-8/h4H,3,5H2,1-2H3,(H,10,14)(H,11,12)(H,15,16). The third kappa shape index (κ3) is 3.29. The van der Waals surface area contributed by atoms with E-state index in [1.54, 1.807) is 6.92 Å². The van der Waals surface area contributed by atoms with Crippen LogP contribution in [-0.4, -0.2) is 60.0 Å². The fraction of sp³-hybridized carbons (Fsp3) is 0.444. The van der Waals surface area contributed by atoms with Crippen LogP contribution in [0, 0.1) is 0 Å². The molecule has 0 saturated heterocycles. The SMILES string of the molecule is CCNC(=O)CN(C)S(=O)(=O)c1[nH]ncc1C(=O)O. The quantitative estimate of drug-likeness (QED) is 0.607.